The Hall–Kier alpha value is -1.39. The van der Waals surface area contributed by atoms with Crippen molar-refractivity contribution in [2.24, 2.45) is 0 Å². The molecular weight excluding hydrogens is 268 g/mol. The zero-order valence-electron chi connectivity index (χ0n) is 13.3. The van der Waals surface area contributed by atoms with Crippen LogP contribution >= 0.6 is 0 Å². The van der Waals surface area contributed by atoms with Crippen LogP contribution < -0.4 is 4.74 Å². The second-order valence-corrected chi connectivity index (χ2v) is 7.28. The number of rotatable bonds is 1. The molecule has 2 aliphatic rings. The SMILES string of the molecule is CC(C)(C)c1cc(C2OCCO2)cc2c1OC(=O)C2(C)C. The molecule has 0 radical (unpaired) electrons. The lowest BCUT2D eigenvalue weighted by Crippen LogP contribution is -2.26. The highest BCUT2D eigenvalue weighted by Crippen LogP contribution is 2.47. The molecule has 0 N–H and O–H groups in total. The third-order valence-corrected chi connectivity index (χ3v) is 4.19. The summed E-state index contributed by atoms with van der Waals surface area (Å²) in [5.41, 5.74) is 2.15. The van der Waals surface area contributed by atoms with Gasteiger partial charge in [0.05, 0.1) is 18.6 Å². The van der Waals surface area contributed by atoms with Crippen LogP contribution in [0.25, 0.3) is 0 Å². The van der Waals surface area contributed by atoms with E-state index in [4.69, 9.17) is 14.2 Å². The minimum Gasteiger partial charge on any atom is -0.425 e. The van der Waals surface area contributed by atoms with E-state index in [1.165, 1.54) is 0 Å². The number of fused-ring (bicyclic) bond motifs is 1. The first-order valence-electron chi connectivity index (χ1n) is 7.35. The number of hydrogen-bond acceptors (Lipinski definition) is 4. The lowest BCUT2D eigenvalue weighted by molar-refractivity contribution is -0.137. The van der Waals surface area contributed by atoms with Crippen LogP contribution in [-0.2, 0) is 25.1 Å². The summed E-state index contributed by atoms with van der Waals surface area (Å²) in [5.74, 6) is 0.507. The molecule has 1 aromatic carbocycles. The van der Waals surface area contributed by atoms with Crippen molar-refractivity contribution in [2.75, 3.05) is 13.2 Å². The van der Waals surface area contributed by atoms with Crippen LogP contribution in [0.15, 0.2) is 12.1 Å². The number of esters is 1. The molecule has 0 aliphatic carbocycles. The van der Waals surface area contributed by atoms with Crippen LogP contribution in [0.4, 0.5) is 0 Å². The molecule has 4 heteroatoms. The largest absolute Gasteiger partial charge is 0.425 e. The number of hydrogen-bond donors (Lipinski definition) is 0. The fraction of sp³-hybridized carbons (Fsp3) is 0.588. The van der Waals surface area contributed by atoms with Crippen molar-refractivity contribution in [1.82, 2.24) is 0 Å². The van der Waals surface area contributed by atoms with Crippen molar-refractivity contribution < 1.29 is 19.0 Å². The third-order valence-electron chi connectivity index (χ3n) is 4.19. The van der Waals surface area contributed by atoms with E-state index in [0.29, 0.717) is 19.0 Å². The van der Waals surface area contributed by atoms with E-state index in [1.54, 1.807) is 0 Å². The van der Waals surface area contributed by atoms with Gasteiger partial charge in [-0.3, -0.25) is 4.79 Å². The molecule has 0 unspecified atom stereocenters. The normalized spacial score (nSPS) is 21.5. The highest BCUT2D eigenvalue weighted by Gasteiger charge is 2.44. The molecule has 0 bridgehead atoms. The van der Waals surface area contributed by atoms with Crippen molar-refractivity contribution >= 4 is 5.97 Å². The highest BCUT2D eigenvalue weighted by atomic mass is 16.7. The van der Waals surface area contributed by atoms with Crippen LogP contribution in [0.2, 0.25) is 0 Å². The number of benzene rings is 1. The van der Waals surface area contributed by atoms with E-state index in [0.717, 1.165) is 16.7 Å². The van der Waals surface area contributed by atoms with E-state index in [9.17, 15) is 4.79 Å². The molecule has 114 valence electrons. The maximum Gasteiger partial charge on any atom is 0.321 e. The lowest BCUT2D eigenvalue weighted by Gasteiger charge is -2.24. The Morgan fingerprint density at radius 3 is 2.33 bits per heavy atom. The van der Waals surface area contributed by atoms with Gasteiger partial charge in [-0.2, -0.15) is 0 Å². The molecule has 0 atom stereocenters. The second kappa shape index (κ2) is 4.55. The highest BCUT2D eigenvalue weighted by molar-refractivity contribution is 5.90. The van der Waals surface area contributed by atoms with Gasteiger partial charge in [-0.05, 0) is 31.4 Å². The Labute approximate surface area is 125 Å². The summed E-state index contributed by atoms with van der Waals surface area (Å²) in [4.78, 5) is 12.2. The maximum absolute atomic E-state index is 12.2. The Kier molecular flexibility index (Phi) is 3.15. The van der Waals surface area contributed by atoms with Gasteiger partial charge in [-0.1, -0.05) is 20.8 Å². The Bertz CT molecular complexity index is 590. The molecule has 1 aromatic rings. The van der Waals surface area contributed by atoms with Crippen LogP contribution in [0.3, 0.4) is 0 Å². The van der Waals surface area contributed by atoms with Gasteiger partial charge < -0.3 is 14.2 Å². The van der Waals surface area contributed by atoms with E-state index < -0.39 is 5.41 Å². The fourth-order valence-corrected chi connectivity index (χ4v) is 2.80. The first kappa shape index (κ1) is 14.5. The molecule has 0 spiro atoms. The van der Waals surface area contributed by atoms with Crippen LogP contribution in [-0.4, -0.2) is 19.2 Å². The maximum atomic E-state index is 12.2. The average Bonchev–Trinajstić information content (AvgIpc) is 2.97. The molecule has 1 fully saturated rings. The Balaban J connectivity index is 2.19. The molecule has 3 rings (SSSR count). The van der Waals surface area contributed by atoms with E-state index >= 15 is 0 Å². The lowest BCUT2D eigenvalue weighted by atomic mass is 9.79. The van der Waals surface area contributed by atoms with Gasteiger partial charge in [0.1, 0.15) is 5.75 Å². The summed E-state index contributed by atoms with van der Waals surface area (Å²) in [6.45, 7) is 11.3. The summed E-state index contributed by atoms with van der Waals surface area (Å²) >= 11 is 0. The van der Waals surface area contributed by atoms with Crippen molar-refractivity contribution in [3.8, 4) is 5.75 Å². The van der Waals surface area contributed by atoms with Gasteiger partial charge in [0.15, 0.2) is 6.29 Å². The first-order valence-corrected chi connectivity index (χ1v) is 7.35. The molecule has 2 heterocycles. The van der Waals surface area contributed by atoms with Gasteiger partial charge in [0.25, 0.3) is 0 Å². The second-order valence-electron chi connectivity index (χ2n) is 7.28. The zero-order valence-corrected chi connectivity index (χ0v) is 13.3. The van der Waals surface area contributed by atoms with Crippen molar-refractivity contribution in [3.05, 3.63) is 28.8 Å². The van der Waals surface area contributed by atoms with Crippen LogP contribution in [0, 0.1) is 0 Å². The standard InChI is InChI=1S/C17H22O4/c1-16(2,3)11-8-10(14-19-6-7-20-14)9-12-13(11)21-15(18)17(12,4)5/h8-9,14H,6-7H2,1-5H3. The van der Waals surface area contributed by atoms with Crippen LogP contribution in [0.1, 0.15) is 57.6 Å². The summed E-state index contributed by atoms with van der Waals surface area (Å²) in [6.07, 6.45) is -0.345. The van der Waals surface area contributed by atoms with E-state index in [1.807, 2.05) is 26.0 Å². The monoisotopic (exact) mass is 290 g/mol. The average molecular weight is 290 g/mol. The first-order chi connectivity index (χ1) is 9.71. The molecular formula is C17H22O4. The van der Waals surface area contributed by atoms with E-state index in [2.05, 4.69) is 20.8 Å². The number of carbonyl (C=O) groups is 1. The molecule has 2 aliphatic heterocycles. The summed E-state index contributed by atoms with van der Waals surface area (Å²) in [6, 6.07) is 4.04. The van der Waals surface area contributed by atoms with Crippen molar-refractivity contribution in [3.63, 3.8) is 0 Å². The molecule has 0 amide bonds. The van der Waals surface area contributed by atoms with E-state index in [-0.39, 0.29) is 17.7 Å². The van der Waals surface area contributed by atoms with Crippen molar-refractivity contribution in [1.29, 1.82) is 0 Å². The van der Waals surface area contributed by atoms with Gasteiger partial charge in [-0.25, -0.2) is 0 Å². The van der Waals surface area contributed by atoms with Crippen molar-refractivity contribution in [2.45, 2.75) is 51.7 Å². The summed E-state index contributed by atoms with van der Waals surface area (Å²) in [5, 5.41) is 0. The molecule has 0 aromatic heterocycles. The molecule has 1 saturated heterocycles. The van der Waals surface area contributed by atoms with Gasteiger partial charge >= 0.3 is 5.97 Å². The number of carbonyl (C=O) groups excluding carboxylic acids is 1. The topological polar surface area (TPSA) is 44.8 Å². The fourth-order valence-electron chi connectivity index (χ4n) is 2.80. The predicted molar refractivity (Wildman–Crippen MR) is 78.4 cm³/mol. The molecule has 0 saturated carbocycles. The minimum atomic E-state index is -0.635. The van der Waals surface area contributed by atoms with Gasteiger partial charge in [-0.15, -0.1) is 0 Å². The molecule has 21 heavy (non-hydrogen) atoms. The zero-order chi connectivity index (χ0) is 15.4. The summed E-state index contributed by atoms with van der Waals surface area (Å²) in [7, 11) is 0. The Morgan fingerprint density at radius 1 is 1.14 bits per heavy atom. The predicted octanol–water partition coefficient (Wildman–Crippen LogP) is 3.23. The van der Waals surface area contributed by atoms with Gasteiger partial charge in [0.2, 0.25) is 0 Å². The minimum absolute atomic E-state index is 0.126. The molecule has 4 nitrogen and oxygen atoms in total. The quantitative estimate of drug-likeness (QED) is 0.588. The third kappa shape index (κ3) is 2.27. The smallest absolute Gasteiger partial charge is 0.321 e. The van der Waals surface area contributed by atoms with Crippen LogP contribution in [0.5, 0.6) is 5.75 Å². The number of ether oxygens (including phenoxy) is 3. The van der Waals surface area contributed by atoms with Gasteiger partial charge in [0, 0.05) is 16.7 Å². The summed E-state index contributed by atoms with van der Waals surface area (Å²) < 4.78 is 16.8. The Morgan fingerprint density at radius 2 is 1.76 bits per heavy atom.